The van der Waals surface area contributed by atoms with Crippen molar-refractivity contribution in [2.45, 2.75) is 38.0 Å². The monoisotopic (exact) mass is 226 g/mol. The topological polar surface area (TPSA) is 84.5 Å². The molecule has 1 aliphatic carbocycles. The summed E-state index contributed by atoms with van der Waals surface area (Å²) in [6.45, 7) is 0.0326. The molecule has 0 aliphatic heterocycles. The fourth-order valence-electron chi connectivity index (χ4n) is 1.69. The highest BCUT2D eigenvalue weighted by Gasteiger charge is 2.25. The summed E-state index contributed by atoms with van der Waals surface area (Å²) in [5.41, 5.74) is -0.174. The molecule has 0 spiro atoms. The zero-order chi connectivity index (χ0) is 11.7. The van der Waals surface area contributed by atoms with Crippen LogP contribution in [0.4, 0.5) is 0 Å². The predicted octanol–water partition coefficient (Wildman–Crippen LogP) is -0.180. The fraction of sp³-hybridized carbons (Fsp3) is 0.600. The molecule has 1 aromatic rings. The predicted molar refractivity (Wildman–Crippen MR) is 55.2 cm³/mol. The number of nitrogens with zero attached hydrogens (tertiary/aromatic N) is 2. The highest BCUT2D eigenvalue weighted by molar-refractivity contribution is 5.67. The first-order valence-electron chi connectivity index (χ1n) is 5.25. The van der Waals surface area contributed by atoms with Crippen LogP contribution >= 0.6 is 0 Å². The van der Waals surface area contributed by atoms with E-state index in [2.05, 4.69) is 0 Å². The Kier molecular flexibility index (Phi) is 2.82. The lowest BCUT2D eigenvalue weighted by atomic mass is 10.2. The van der Waals surface area contributed by atoms with Crippen LogP contribution in [-0.2, 0) is 11.3 Å². The Morgan fingerprint density at radius 3 is 2.75 bits per heavy atom. The molecule has 6 heteroatoms. The van der Waals surface area contributed by atoms with Gasteiger partial charge in [-0.15, -0.1) is 0 Å². The number of rotatable bonds is 5. The molecule has 1 saturated carbocycles. The van der Waals surface area contributed by atoms with Gasteiger partial charge in [0.25, 0.3) is 0 Å². The molecule has 0 aromatic carbocycles. The van der Waals surface area contributed by atoms with Gasteiger partial charge in [-0.25, -0.2) is 4.79 Å². The van der Waals surface area contributed by atoms with E-state index >= 15 is 0 Å². The van der Waals surface area contributed by atoms with Crippen LogP contribution in [0.15, 0.2) is 17.2 Å². The van der Waals surface area contributed by atoms with Gasteiger partial charge in [0.15, 0.2) is 0 Å². The number of carboxylic acids is 1. The molecule has 0 saturated heterocycles. The van der Waals surface area contributed by atoms with E-state index in [1.54, 1.807) is 17.0 Å². The number of aliphatic hydroxyl groups excluding tert-OH is 1. The quantitative estimate of drug-likeness (QED) is 0.729. The lowest BCUT2D eigenvalue weighted by Gasteiger charge is -2.07. The Balaban J connectivity index is 2.04. The normalized spacial score (nSPS) is 17.3. The Labute approximate surface area is 91.7 Å². The van der Waals surface area contributed by atoms with Crippen molar-refractivity contribution in [2.24, 2.45) is 0 Å². The average Bonchev–Trinajstić information content (AvgIpc) is 2.94. The molecule has 6 nitrogen and oxygen atoms in total. The van der Waals surface area contributed by atoms with Gasteiger partial charge in [-0.1, -0.05) is 0 Å². The van der Waals surface area contributed by atoms with Gasteiger partial charge in [-0.05, 0) is 12.8 Å². The minimum Gasteiger partial charge on any atom is -0.481 e. The minimum absolute atomic E-state index is 0.0326. The second-order valence-corrected chi connectivity index (χ2v) is 4.12. The van der Waals surface area contributed by atoms with Crippen molar-refractivity contribution < 1.29 is 15.0 Å². The van der Waals surface area contributed by atoms with E-state index < -0.39 is 12.1 Å². The minimum atomic E-state index is -1.07. The molecule has 1 heterocycles. The Morgan fingerprint density at radius 2 is 2.19 bits per heavy atom. The summed E-state index contributed by atoms with van der Waals surface area (Å²) in [4.78, 5) is 22.1. The summed E-state index contributed by atoms with van der Waals surface area (Å²) < 4.78 is 2.99. The molecule has 2 rings (SSSR count). The Morgan fingerprint density at radius 1 is 1.50 bits per heavy atom. The molecule has 1 unspecified atom stereocenters. The van der Waals surface area contributed by atoms with Gasteiger partial charge in [0, 0.05) is 18.4 Å². The molecule has 16 heavy (non-hydrogen) atoms. The van der Waals surface area contributed by atoms with Gasteiger partial charge >= 0.3 is 11.7 Å². The number of aliphatic carboxylic acids is 1. The second kappa shape index (κ2) is 4.13. The van der Waals surface area contributed by atoms with Crippen LogP contribution in [0.3, 0.4) is 0 Å². The van der Waals surface area contributed by atoms with E-state index in [0.29, 0.717) is 6.04 Å². The summed E-state index contributed by atoms with van der Waals surface area (Å²) in [6.07, 6.45) is 3.94. The van der Waals surface area contributed by atoms with Crippen molar-refractivity contribution in [3.63, 3.8) is 0 Å². The van der Waals surface area contributed by atoms with Crippen LogP contribution in [0.1, 0.15) is 25.3 Å². The van der Waals surface area contributed by atoms with Gasteiger partial charge in [-0.3, -0.25) is 13.9 Å². The van der Waals surface area contributed by atoms with Gasteiger partial charge < -0.3 is 10.2 Å². The molecule has 88 valence electrons. The molecular weight excluding hydrogens is 212 g/mol. The summed E-state index contributed by atoms with van der Waals surface area (Å²) >= 11 is 0. The lowest BCUT2D eigenvalue weighted by Crippen LogP contribution is -2.29. The molecule has 1 aromatic heterocycles. The first kappa shape index (κ1) is 10.9. The molecule has 2 N–H and O–H groups in total. The van der Waals surface area contributed by atoms with E-state index in [4.69, 9.17) is 5.11 Å². The highest BCUT2D eigenvalue weighted by atomic mass is 16.4. The maximum atomic E-state index is 11.7. The van der Waals surface area contributed by atoms with Gasteiger partial charge in [0.1, 0.15) is 0 Å². The number of aliphatic hydroxyl groups is 1. The average molecular weight is 226 g/mol. The fourth-order valence-corrected chi connectivity index (χ4v) is 1.69. The Hall–Kier alpha value is -1.56. The molecule has 1 atom stereocenters. The molecule has 0 radical (unpaired) electrons. The van der Waals surface area contributed by atoms with Gasteiger partial charge in [-0.2, -0.15) is 0 Å². The smallest absolute Gasteiger partial charge is 0.328 e. The number of carbonyl (C=O) groups is 1. The number of imidazole rings is 1. The molecule has 1 aliphatic rings. The van der Waals surface area contributed by atoms with Crippen molar-refractivity contribution in [1.29, 1.82) is 0 Å². The zero-order valence-electron chi connectivity index (χ0n) is 8.74. The van der Waals surface area contributed by atoms with Crippen molar-refractivity contribution in [2.75, 3.05) is 0 Å². The first-order valence-corrected chi connectivity index (χ1v) is 5.25. The SMILES string of the molecule is O=C(O)CC(O)Cn1ccn(C2CC2)c1=O. The van der Waals surface area contributed by atoms with Crippen LogP contribution in [-0.4, -0.2) is 31.4 Å². The van der Waals surface area contributed by atoms with Crippen LogP contribution in [0, 0.1) is 0 Å². The summed E-state index contributed by atoms with van der Waals surface area (Å²) in [5, 5.41) is 17.9. The van der Waals surface area contributed by atoms with Gasteiger partial charge in [0.2, 0.25) is 0 Å². The van der Waals surface area contributed by atoms with Crippen molar-refractivity contribution in [1.82, 2.24) is 9.13 Å². The van der Waals surface area contributed by atoms with Crippen molar-refractivity contribution >= 4 is 5.97 Å². The maximum Gasteiger partial charge on any atom is 0.328 e. The van der Waals surface area contributed by atoms with E-state index in [9.17, 15) is 14.7 Å². The van der Waals surface area contributed by atoms with E-state index in [0.717, 1.165) is 12.8 Å². The van der Waals surface area contributed by atoms with Crippen LogP contribution in [0.2, 0.25) is 0 Å². The first-order chi connectivity index (χ1) is 7.58. The van der Waals surface area contributed by atoms with Crippen LogP contribution in [0.25, 0.3) is 0 Å². The van der Waals surface area contributed by atoms with Crippen molar-refractivity contribution in [3.8, 4) is 0 Å². The summed E-state index contributed by atoms with van der Waals surface area (Å²) in [6, 6.07) is 0.297. The number of aromatic nitrogens is 2. The molecule has 0 bridgehead atoms. The number of hydrogen-bond donors (Lipinski definition) is 2. The van der Waals surface area contributed by atoms with E-state index in [1.807, 2.05) is 0 Å². The van der Waals surface area contributed by atoms with Gasteiger partial charge in [0.05, 0.1) is 19.1 Å². The van der Waals surface area contributed by atoms with E-state index in [-0.39, 0.29) is 18.7 Å². The molecular formula is C10H14N2O4. The second-order valence-electron chi connectivity index (χ2n) is 4.12. The van der Waals surface area contributed by atoms with E-state index in [1.165, 1.54) is 4.57 Å². The maximum absolute atomic E-state index is 11.7. The summed E-state index contributed by atoms with van der Waals surface area (Å²) in [7, 11) is 0. The largest absolute Gasteiger partial charge is 0.481 e. The highest BCUT2D eigenvalue weighted by Crippen LogP contribution is 2.33. The Bertz CT molecular complexity index is 444. The van der Waals surface area contributed by atoms with Crippen molar-refractivity contribution in [3.05, 3.63) is 22.9 Å². The van der Waals surface area contributed by atoms with Crippen LogP contribution < -0.4 is 5.69 Å². The third kappa shape index (κ3) is 2.33. The molecule has 1 fully saturated rings. The lowest BCUT2D eigenvalue weighted by molar-refractivity contribution is -0.139. The third-order valence-electron chi connectivity index (χ3n) is 2.63. The number of carboxylic acid groups (broad SMARTS) is 1. The van der Waals surface area contributed by atoms with Crippen LogP contribution in [0.5, 0.6) is 0 Å². The third-order valence-corrected chi connectivity index (χ3v) is 2.63. The summed E-state index contributed by atoms with van der Waals surface area (Å²) in [5.74, 6) is -1.07. The number of hydrogen-bond acceptors (Lipinski definition) is 3. The standard InChI is InChI=1S/C10H14N2O4/c13-8(5-9(14)15)6-11-3-4-12(10(11)16)7-1-2-7/h3-4,7-8,13H,1-2,5-6H2,(H,14,15). The molecule has 0 amide bonds. The zero-order valence-corrected chi connectivity index (χ0v) is 8.74.